The topological polar surface area (TPSA) is 15.3 Å². The highest BCUT2D eigenvalue weighted by atomic mass is 79.9. The van der Waals surface area contributed by atoms with Crippen LogP contribution in [0.4, 0.5) is 0 Å². The number of aryl methyl sites for hydroxylation is 1. The first-order valence-electron chi connectivity index (χ1n) is 7.48. The molecule has 1 aliphatic rings. The maximum absolute atomic E-state index is 3.72. The van der Waals surface area contributed by atoms with Crippen LogP contribution in [0.15, 0.2) is 22.7 Å². The predicted octanol–water partition coefficient (Wildman–Crippen LogP) is 3.76. The minimum Gasteiger partial charge on any atom is -0.309 e. The molecule has 106 valence electrons. The molecule has 0 aliphatic heterocycles. The highest BCUT2D eigenvalue weighted by molar-refractivity contribution is 9.10. The third-order valence-electron chi connectivity index (χ3n) is 3.99. The molecule has 0 amide bonds. The quantitative estimate of drug-likeness (QED) is 0.821. The molecular weight excluding hydrogens is 300 g/mol. The number of hydrogen-bond donors (Lipinski definition) is 1. The number of nitrogens with one attached hydrogen (secondary N) is 1. The number of likely N-dealkylation sites (N-methyl/N-ethyl adjacent to an activating group) is 1. The van der Waals surface area contributed by atoms with Crippen LogP contribution in [0.25, 0.3) is 0 Å². The molecule has 0 saturated carbocycles. The number of benzene rings is 1. The molecule has 0 aromatic heterocycles. The summed E-state index contributed by atoms with van der Waals surface area (Å²) < 4.78 is 1.20. The minimum atomic E-state index is 0.559. The minimum absolute atomic E-state index is 0.559. The molecule has 3 heteroatoms. The number of fused-ring (bicyclic) bond motifs is 1. The van der Waals surface area contributed by atoms with Gasteiger partial charge in [0.1, 0.15) is 0 Å². The van der Waals surface area contributed by atoms with Crippen molar-refractivity contribution in [3.05, 3.63) is 33.8 Å². The molecule has 0 fully saturated rings. The first-order chi connectivity index (χ1) is 9.24. The fourth-order valence-electron chi connectivity index (χ4n) is 2.94. The Bertz CT molecular complexity index is 406. The Morgan fingerprint density at radius 1 is 1.32 bits per heavy atom. The summed E-state index contributed by atoms with van der Waals surface area (Å²) in [4.78, 5) is 2.52. The van der Waals surface area contributed by atoms with E-state index >= 15 is 0 Å². The van der Waals surface area contributed by atoms with E-state index < -0.39 is 0 Å². The monoisotopic (exact) mass is 324 g/mol. The lowest BCUT2D eigenvalue weighted by atomic mass is 10.1. The van der Waals surface area contributed by atoms with Crippen LogP contribution >= 0.6 is 15.9 Å². The second-order valence-corrected chi connectivity index (χ2v) is 6.24. The Hall–Kier alpha value is -0.380. The summed E-state index contributed by atoms with van der Waals surface area (Å²) in [6.45, 7) is 9.12. The van der Waals surface area contributed by atoms with E-state index in [2.05, 4.69) is 58.2 Å². The van der Waals surface area contributed by atoms with Gasteiger partial charge in [-0.15, -0.1) is 0 Å². The molecule has 1 N–H and O–H groups in total. The van der Waals surface area contributed by atoms with Gasteiger partial charge >= 0.3 is 0 Å². The zero-order valence-corrected chi connectivity index (χ0v) is 13.7. The van der Waals surface area contributed by atoms with Gasteiger partial charge in [0.15, 0.2) is 0 Å². The van der Waals surface area contributed by atoms with Gasteiger partial charge in [0.2, 0.25) is 0 Å². The molecule has 0 saturated heterocycles. The van der Waals surface area contributed by atoms with Crippen molar-refractivity contribution in [2.75, 3.05) is 26.2 Å². The summed E-state index contributed by atoms with van der Waals surface area (Å²) in [7, 11) is 0. The summed E-state index contributed by atoms with van der Waals surface area (Å²) in [6, 6.07) is 7.26. The predicted molar refractivity (Wildman–Crippen MR) is 85.6 cm³/mol. The SMILES string of the molecule is CCCN(CC)CCNC1CCc2cc(Br)ccc21. The third kappa shape index (κ3) is 4.04. The zero-order chi connectivity index (χ0) is 13.7. The number of halogens is 1. The molecule has 1 aromatic carbocycles. The fraction of sp³-hybridized carbons (Fsp3) is 0.625. The van der Waals surface area contributed by atoms with Gasteiger partial charge < -0.3 is 10.2 Å². The summed E-state index contributed by atoms with van der Waals surface area (Å²) >= 11 is 3.56. The van der Waals surface area contributed by atoms with E-state index in [4.69, 9.17) is 0 Å². The van der Waals surface area contributed by atoms with Crippen LogP contribution in [-0.2, 0) is 6.42 Å². The Labute approximate surface area is 125 Å². The Kier molecular flexibility index (Phi) is 5.86. The van der Waals surface area contributed by atoms with Crippen molar-refractivity contribution in [1.29, 1.82) is 0 Å². The van der Waals surface area contributed by atoms with E-state index in [-0.39, 0.29) is 0 Å². The summed E-state index contributed by atoms with van der Waals surface area (Å²) in [5, 5.41) is 3.72. The van der Waals surface area contributed by atoms with Crippen LogP contribution in [0.1, 0.15) is 43.9 Å². The summed E-state index contributed by atoms with van der Waals surface area (Å²) in [5.74, 6) is 0. The van der Waals surface area contributed by atoms with Gasteiger partial charge in [-0.2, -0.15) is 0 Å². The van der Waals surface area contributed by atoms with Crippen molar-refractivity contribution >= 4 is 15.9 Å². The summed E-state index contributed by atoms with van der Waals surface area (Å²) in [6.07, 6.45) is 3.69. The Balaban J connectivity index is 1.83. The molecule has 0 heterocycles. The van der Waals surface area contributed by atoms with Crippen LogP contribution in [0.3, 0.4) is 0 Å². The average molecular weight is 325 g/mol. The van der Waals surface area contributed by atoms with Gasteiger partial charge in [0.25, 0.3) is 0 Å². The largest absolute Gasteiger partial charge is 0.309 e. The van der Waals surface area contributed by atoms with E-state index in [1.54, 1.807) is 0 Å². The molecule has 1 aliphatic carbocycles. The number of rotatable bonds is 7. The van der Waals surface area contributed by atoms with Gasteiger partial charge in [-0.3, -0.25) is 0 Å². The van der Waals surface area contributed by atoms with Crippen LogP contribution in [0, 0.1) is 0 Å². The Morgan fingerprint density at radius 2 is 2.16 bits per heavy atom. The maximum Gasteiger partial charge on any atom is 0.0326 e. The molecule has 2 rings (SSSR count). The lowest BCUT2D eigenvalue weighted by Gasteiger charge is -2.21. The fourth-order valence-corrected chi connectivity index (χ4v) is 3.35. The van der Waals surface area contributed by atoms with E-state index in [9.17, 15) is 0 Å². The van der Waals surface area contributed by atoms with E-state index in [1.165, 1.54) is 41.4 Å². The first-order valence-corrected chi connectivity index (χ1v) is 8.28. The highest BCUT2D eigenvalue weighted by Gasteiger charge is 2.21. The molecule has 2 nitrogen and oxygen atoms in total. The lowest BCUT2D eigenvalue weighted by Crippen LogP contribution is -2.33. The molecule has 1 unspecified atom stereocenters. The molecule has 0 radical (unpaired) electrons. The van der Waals surface area contributed by atoms with Crippen molar-refractivity contribution in [2.45, 2.75) is 39.2 Å². The van der Waals surface area contributed by atoms with Gasteiger partial charge in [0, 0.05) is 23.6 Å². The third-order valence-corrected chi connectivity index (χ3v) is 4.48. The van der Waals surface area contributed by atoms with Crippen LogP contribution < -0.4 is 5.32 Å². The number of nitrogens with zero attached hydrogens (tertiary/aromatic N) is 1. The van der Waals surface area contributed by atoms with Crippen molar-refractivity contribution in [1.82, 2.24) is 10.2 Å². The molecular formula is C16H25BrN2. The van der Waals surface area contributed by atoms with Crippen LogP contribution in [-0.4, -0.2) is 31.1 Å². The maximum atomic E-state index is 3.72. The van der Waals surface area contributed by atoms with Crippen molar-refractivity contribution in [3.63, 3.8) is 0 Å². The first kappa shape index (κ1) is 15.0. The van der Waals surface area contributed by atoms with Crippen molar-refractivity contribution in [2.24, 2.45) is 0 Å². The van der Waals surface area contributed by atoms with Crippen LogP contribution in [0.5, 0.6) is 0 Å². The average Bonchev–Trinajstić information content (AvgIpc) is 2.80. The molecule has 19 heavy (non-hydrogen) atoms. The van der Waals surface area contributed by atoms with Gasteiger partial charge in [0.05, 0.1) is 0 Å². The molecule has 0 spiro atoms. The standard InChI is InChI=1S/C16H25BrN2/c1-3-10-19(4-2)11-9-18-16-8-5-13-12-14(17)6-7-15(13)16/h6-7,12,16,18H,3-5,8-11H2,1-2H3. The van der Waals surface area contributed by atoms with Crippen LogP contribution in [0.2, 0.25) is 0 Å². The van der Waals surface area contributed by atoms with E-state index in [1.807, 2.05) is 0 Å². The lowest BCUT2D eigenvalue weighted by molar-refractivity contribution is 0.282. The second-order valence-electron chi connectivity index (χ2n) is 5.32. The number of hydrogen-bond acceptors (Lipinski definition) is 2. The normalized spacial score (nSPS) is 18.0. The highest BCUT2D eigenvalue weighted by Crippen LogP contribution is 2.32. The molecule has 0 bridgehead atoms. The van der Waals surface area contributed by atoms with Crippen molar-refractivity contribution < 1.29 is 0 Å². The second kappa shape index (κ2) is 7.41. The zero-order valence-electron chi connectivity index (χ0n) is 12.1. The molecule has 1 aromatic rings. The van der Waals surface area contributed by atoms with Gasteiger partial charge in [-0.25, -0.2) is 0 Å². The van der Waals surface area contributed by atoms with Crippen molar-refractivity contribution in [3.8, 4) is 0 Å². The summed E-state index contributed by atoms with van der Waals surface area (Å²) in [5.41, 5.74) is 3.01. The molecule has 1 atom stereocenters. The van der Waals surface area contributed by atoms with Gasteiger partial charge in [-0.05, 0) is 55.6 Å². The smallest absolute Gasteiger partial charge is 0.0326 e. The Morgan fingerprint density at radius 3 is 2.89 bits per heavy atom. The van der Waals surface area contributed by atoms with Gasteiger partial charge in [-0.1, -0.05) is 35.8 Å². The van der Waals surface area contributed by atoms with E-state index in [0.717, 1.165) is 19.6 Å². The van der Waals surface area contributed by atoms with E-state index in [0.29, 0.717) is 6.04 Å².